The van der Waals surface area contributed by atoms with Gasteiger partial charge in [-0.05, 0) is 51.5 Å². The lowest BCUT2D eigenvalue weighted by molar-refractivity contribution is -0.0553. The molecule has 8 heteroatoms. The van der Waals surface area contributed by atoms with Gasteiger partial charge in [-0.2, -0.15) is 5.10 Å². The lowest BCUT2D eigenvalue weighted by Crippen LogP contribution is -2.54. The summed E-state index contributed by atoms with van der Waals surface area (Å²) in [4.78, 5) is 15.4. The van der Waals surface area contributed by atoms with Crippen molar-refractivity contribution < 1.29 is 14.6 Å². The van der Waals surface area contributed by atoms with Gasteiger partial charge in [0.15, 0.2) is 0 Å². The number of nitrogens with zero attached hydrogens (tertiary/aromatic N) is 2. The normalized spacial score (nSPS) is 21.6. The summed E-state index contributed by atoms with van der Waals surface area (Å²) in [7, 11) is 3.67. The third-order valence-corrected chi connectivity index (χ3v) is 8.60. The predicted octanol–water partition coefficient (Wildman–Crippen LogP) is 4.55. The first-order valence-corrected chi connectivity index (χ1v) is 14.4. The highest BCUT2D eigenvalue weighted by Gasteiger charge is 2.42. The zero-order valence-electron chi connectivity index (χ0n) is 22.8. The molecule has 4 N–H and O–H groups in total. The van der Waals surface area contributed by atoms with Crippen LogP contribution in [0, 0.1) is 11.8 Å². The van der Waals surface area contributed by atoms with E-state index in [2.05, 4.69) is 20.8 Å². The molecule has 4 rings (SSSR count). The first kappa shape index (κ1) is 27.9. The van der Waals surface area contributed by atoms with Gasteiger partial charge < -0.3 is 25.4 Å². The fourth-order valence-electron chi connectivity index (χ4n) is 6.61. The average molecular weight is 514 g/mol. The SMILES string of the molecule is CNCC(CC1CCCCC1)NC(=O)N1CCC[C@@H]([C@](O)(CCCCOC)c2cccc3cn[nH]c23)C1. The maximum absolute atomic E-state index is 13.5. The molecule has 1 saturated carbocycles. The number of piperidine rings is 1. The molecule has 2 aromatic rings. The van der Waals surface area contributed by atoms with Crippen molar-refractivity contribution in [3.05, 3.63) is 30.0 Å². The summed E-state index contributed by atoms with van der Waals surface area (Å²) in [6.45, 7) is 2.74. The molecule has 8 nitrogen and oxygen atoms in total. The summed E-state index contributed by atoms with van der Waals surface area (Å²) in [5.74, 6) is 0.651. The number of aliphatic hydroxyl groups is 1. The zero-order chi connectivity index (χ0) is 26.1. The monoisotopic (exact) mass is 513 g/mol. The van der Waals surface area contributed by atoms with Crippen LogP contribution in [0.1, 0.15) is 76.2 Å². The maximum Gasteiger partial charge on any atom is 0.317 e. The number of para-hydroxylation sites is 1. The van der Waals surface area contributed by atoms with Crippen LogP contribution >= 0.6 is 0 Å². The number of nitrogens with one attached hydrogen (secondary N) is 3. The van der Waals surface area contributed by atoms with Gasteiger partial charge in [0.2, 0.25) is 0 Å². The summed E-state index contributed by atoms with van der Waals surface area (Å²) in [6.07, 6.45) is 13.5. The number of likely N-dealkylation sites (tertiary alicyclic amines) is 1. The summed E-state index contributed by atoms with van der Waals surface area (Å²) in [5, 5.41) is 27.3. The van der Waals surface area contributed by atoms with Gasteiger partial charge in [0.1, 0.15) is 0 Å². The van der Waals surface area contributed by atoms with Gasteiger partial charge in [0.25, 0.3) is 0 Å². The van der Waals surface area contributed by atoms with Gasteiger partial charge >= 0.3 is 6.03 Å². The van der Waals surface area contributed by atoms with Crippen molar-refractivity contribution in [3.63, 3.8) is 0 Å². The molecule has 1 unspecified atom stereocenters. The van der Waals surface area contributed by atoms with Crippen molar-refractivity contribution in [1.29, 1.82) is 0 Å². The van der Waals surface area contributed by atoms with Crippen LogP contribution in [0.4, 0.5) is 4.79 Å². The molecule has 2 amide bonds. The Morgan fingerprint density at radius 3 is 2.86 bits per heavy atom. The standard InChI is InChI=1S/C29H47N5O3/c1-30-20-25(18-22-10-4-3-5-11-22)32-28(35)34-16-9-13-24(21-34)29(36,15-6-7-17-37-2)26-14-8-12-23-19-31-33-27(23)26/h8,12,14,19,22,24-25,30,36H,3-7,9-11,13,15-18,20-21H2,1-2H3,(H,31,33)(H,32,35)/t24-,25?,29-/m1/s1. The van der Waals surface area contributed by atoms with Crippen LogP contribution in [0.2, 0.25) is 0 Å². The highest BCUT2D eigenvalue weighted by atomic mass is 16.5. The first-order chi connectivity index (χ1) is 18.0. The van der Waals surface area contributed by atoms with E-state index in [4.69, 9.17) is 4.74 Å². The largest absolute Gasteiger partial charge is 0.385 e. The second-order valence-electron chi connectivity index (χ2n) is 11.2. The molecule has 37 heavy (non-hydrogen) atoms. The first-order valence-electron chi connectivity index (χ1n) is 14.4. The van der Waals surface area contributed by atoms with Crippen molar-refractivity contribution in [2.24, 2.45) is 11.8 Å². The number of carbonyl (C=O) groups excluding carboxylic acids is 1. The van der Waals surface area contributed by atoms with Gasteiger partial charge in [-0.15, -0.1) is 0 Å². The minimum atomic E-state index is -1.05. The van der Waals surface area contributed by atoms with Crippen LogP contribution in [0.3, 0.4) is 0 Å². The zero-order valence-corrected chi connectivity index (χ0v) is 22.8. The number of benzene rings is 1. The van der Waals surface area contributed by atoms with Crippen LogP contribution in [0.5, 0.6) is 0 Å². The van der Waals surface area contributed by atoms with E-state index in [0.29, 0.717) is 25.5 Å². The molecule has 206 valence electrons. The van der Waals surface area contributed by atoms with E-state index < -0.39 is 5.60 Å². The Morgan fingerprint density at radius 2 is 2.08 bits per heavy atom. The highest BCUT2D eigenvalue weighted by Crippen LogP contribution is 2.42. The van der Waals surface area contributed by atoms with E-state index in [1.807, 2.05) is 30.1 Å². The van der Waals surface area contributed by atoms with Gasteiger partial charge in [-0.25, -0.2) is 4.79 Å². The van der Waals surface area contributed by atoms with Crippen LogP contribution in [0.25, 0.3) is 10.9 Å². The lowest BCUT2D eigenvalue weighted by Gasteiger charge is -2.43. The van der Waals surface area contributed by atoms with Crippen LogP contribution in [-0.4, -0.2) is 72.7 Å². The molecule has 3 atom stereocenters. The highest BCUT2D eigenvalue weighted by molar-refractivity contribution is 5.82. The second-order valence-corrected chi connectivity index (χ2v) is 11.2. The van der Waals surface area contributed by atoms with Crippen molar-refractivity contribution in [2.45, 2.75) is 82.3 Å². The molecule has 0 radical (unpaired) electrons. The van der Waals surface area contributed by atoms with Crippen molar-refractivity contribution in [1.82, 2.24) is 25.7 Å². The van der Waals surface area contributed by atoms with Crippen molar-refractivity contribution >= 4 is 16.9 Å². The van der Waals surface area contributed by atoms with Crippen molar-refractivity contribution in [2.75, 3.05) is 40.4 Å². The molecular formula is C29H47N5O3. The average Bonchev–Trinajstić information content (AvgIpc) is 3.41. The molecule has 0 spiro atoms. The van der Waals surface area contributed by atoms with Gasteiger partial charge in [-0.1, -0.05) is 50.3 Å². The number of unbranched alkanes of at least 4 members (excludes halogenated alkanes) is 1. The Balaban J connectivity index is 1.48. The molecule has 0 bridgehead atoms. The van der Waals surface area contributed by atoms with Crippen LogP contribution in [0.15, 0.2) is 24.4 Å². The molecule has 2 fully saturated rings. The van der Waals surface area contributed by atoms with Crippen LogP contribution < -0.4 is 10.6 Å². The number of H-pyrrole nitrogens is 1. The van der Waals surface area contributed by atoms with E-state index in [1.165, 1.54) is 32.1 Å². The fourth-order valence-corrected chi connectivity index (χ4v) is 6.61. The number of methoxy groups -OCH3 is 1. The number of carbonyl (C=O) groups is 1. The summed E-state index contributed by atoms with van der Waals surface area (Å²) < 4.78 is 5.26. The molecular weight excluding hydrogens is 466 g/mol. The second kappa shape index (κ2) is 13.6. The Hall–Kier alpha value is -2.16. The van der Waals surface area contributed by atoms with E-state index in [0.717, 1.165) is 61.7 Å². The Bertz CT molecular complexity index is 975. The maximum atomic E-state index is 13.5. The molecule has 1 aromatic carbocycles. The number of rotatable bonds is 12. The molecule has 2 aliphatic rings. The topological polar surface area (TPSA) is 103 Å². The third kappa shape index (κ3) is 7.03. The van der Waals surface area contributed by atoms with E-state index in [-0.39, 0.29) is 18.0 Å². The molecule has 1 saturated heterocycles. The quantitative estimate of drug-likeness (QED) is 0.312. The number of hydrogen-bond donors (Lipinski definition) is 4. The lowest BCUT2D eigenvalue weighted by atomic mass is 9.73. The molecule has 1 aromatic heterocycles. The number of amides is 2. The minimum absolute atomic E-state index is 0.00208. The Morgan fingerprint density at radius 1 is 1.24 bits per heavy atom. The minimum Gasteiger partial charge on any atom is -0.385 e. The van der Waals surface area contributed by atoms with Gasteiger partial charge in [0, 0.05) is 56.3 Å². The number of urea groups is 1. The Kier molecular flexibility index (Phi) is 10.2. The smallest absolute Gasteiger partial charge is 0.317 e. The molecule has 2 heterocycles. The number of fused-ring (bicyclic) bond motifs is 1. The van der Waals surface area contributed by atoms with E-state index in [1.54, 1.807) is 13.3 Å². The number of hydrogen-bond acceptors (Lipinski definition) is 5. The van der Waals surface area contributed by atoms with Gasteiger partial charge in [-0.3, -0.25) is 5.10 Å². The third-order valence-electron chi connectivity index (χ3n) is 8.60. The fraction of sp³-hybridized carbons (Fsp3) is 0.724. The summed E-state index contributed by atoms with van der Waals surface area (Å²) in [6, 6.07) is 6.16. The Labute approximate surface area is 221 Å². The number of aromatic nitrogens is 2. The number of likely N-dealkylation sites (N-methyl/N-ethyl adjacent to an activating group) is 1. The van der Waals surface area contributed by atoms with Gasteiger partial charge in [0.05, 0.1) is 17.3 Å². The molecule has 1 aliphatic carbocycles. The van der Waals surface area contributed by atoms with E-state index in [9.17, 15) is 9.90 Å². The van der Waals surface area contributed by atoms with Crippen LogP contribution in [-0.2, 0) is 10.3 Å². The summed E-state index contributed by atoms with van der Waals surface area (Å²) >= 11 is 0. The predicted molar refractivity (Wildman–Crippen MR) is 147 cm³/mol. The summed E-state index contributed by atoms with van der Waals surface area (Å²) in [5.41, 5.74) is 0.725. The number of ether oxygens (including phenoxy) is 1. The number of aromatic amines is 1. The van der Waals surface area contributed by atoms with Crippen molar-refractivity contribution in [3.8, 4) is 0 Å². The van der Waals surface area contributed by atoms with E-state index >= 15 is 0 Å². The molecule has 1 aliphatic heterocycles.